The van der Waals surface area contributed by atoms with Gasteiger partial charge in [-0.1, -0.05) is 0 Å². The number of aliphatic carboxylic acids is 1. The first-order chi connectivity index (χ1) is 8.93. The quantitative estimate of drug-likeness (QED) is 0.797. The van der Waals surface area contributed by atoms with Crippen LogP contribution in [0.2, 0.25) is 0 Å². The summed E-state index contributed by atoms with van der Waals surface area (Å²) >= 11 is 1.33. The Kier molecular flexibility index (Phi) is 5.39. The van der Waals surface area contributed by atoms with Gasteiger partial charge in [0.05, 0.1) is 11.6 Å². The second kappa shape index (κ2) is 6.81. The summed E-state index contributed by atoms with van der Waals surface area (Å²) in [5.41, 5.74) is 1.44. The molecule has 0 saturated heterocycles. The third-order valence-corrected chi connectivity index (χ3v) is 3.50. The Bertz CT molecular complexity index is 537. The highest BCUT2D eigenvalue weighted by atomic mass is 32.2. The topological polar surface area (TPSA) is 90.2 Å². The van der Waals surface area contributed by atoms with E-state index in [9.17, 15) is 9.59 Å². The van der Waals surface area contributed by atoms with Crippen molar-refractivity contribution in [3.8, 4) is 6.07 Å². The third kappa shape index (κ3) is 4.64. The smallest absolute Gasteiger partial charge is 0.327 e. The molecule has 0 aliphatic heterocycles. The Hall–Kier alpha value is -2.00. The maximum absolute atomic E-state index is 11.0. The number of aryl methyl sites for hydroxylation is 1. The zero-order chi connectivity index (χ0) is 14.4. The maximum Gasteiger partial charge on any atom is 0.327 e. The molecule has 2 N–H and O–H groups in total. The summed E-state index contributed by atoms with van der Waals surface area (Å²) in [5, 5.41) is 20.2. The summed E-state index contributed by atoms with van der Waals surface area (Å²) in [7, 11) is 0. The van der Waals surface area contributed by atoms with Crippen molar-refractivity contribution in [2.24, 2.45) is 0 Å². The molecule has 0 aromatic heterocycles. The van der Waals surface area contributed by atoms with E-state index in [0.29, 0.717) is 5.56 Å². The number of nitrogens with one attached hydrogen (secondary N) is 1. The molecule has 1 aromatic rings. The molecule has 0 spiro atoms. The van der Waals surface area contributed by atoms with E-state index in [1.807, 2.05) is 13.0 Å². The number of thioether (sulfide) groups is 1. The van der Waals surface area contributed by atoms with Crippen molar-refractivity contribution in [1.82, 2.24) is 5.32 Å². The van der Waals surface area contributed by atoms with Gasteiger partial charge in [0, 0.05) is 17.6 Å². The molecule has 0 bridgehead atoms. The standard InChI is InChI=1S/C13H14N2O3S/c1-8-5-11(4-3-10(8)6-14)19-7-12(13(17)18)15-9(2)16/h3-5,12H,7H2,1-2H3,(H,15,16)(H,17,18). The fourth-order valence-corrected chi connectivity index (χ4v) is 2.46. The van der Waals surface area contributed by atoms with Crippen molar-refractivity contribution >= 4 is 23.6 Å². The van der Waals surface area contributed by atoms with Crippen molar-refractivity contribution in [1.29, 1.82) is 5.26 Å². The molecule has 0 aliphatic carbocycles. The average molecular weight is 278 g/mol. The predicted molar refractivity (Wildman–Crippen MR) is 71.9 cm³/mol. The number of nitrogens with zero attached hydrogens (tertiary/aromatic N) is 1. The molecule has 19 heavy (non-hydrogen) atoms. The highest BCUT2D eigenvalue weighted by molar-refractivity contribution is 7.99. The van der Waals surface area contributed by atoms with Gasteiger partial charge >= 0.3 is 5.97 Å². The maximum atomic E-state index is 11.0. The van der Waals surface area contributed by atoms with Crippen LogP contribution in [0.3, 0.4) is 0 Å². The van der Waals surface area contributed by atoms with Crippen LogP contribution in [0.1, 0.15) is 18.1 Å². The van der Waals surface area contributed by atoms with Gasteiger partial charge in [0.2, 0.25) is 5.91 Å². The van der Waals surface area contributed by atoms with E-state index in [4.69, 9.17) is 10.4 Å². The molecule has 6 heteroatoms. The first-order valence-corrected chi connectivity index (χ1v) is 6.56. The van der Waals surface area contributed by atoms with E-state index in [-0.39, 0.29) is 11.7 Å². The van der Waals surface area contributed by atoms with E-state index >= 15 is 0 Å². The predicted octanol–water partition coefficient (Wildman–Crippen LogP) is 1.55. The highest BCUT2D eigenvalue weighted by Gasteiger charge is 2.18. The van der Waals surface area contributed by atoms with E-state index < -0.39 is 12.0 Å². The van der Waals surface area contributed by atoms with Crippen LogP contribution in [0.25, 0.3) is 0 Å². The molecule has 100 valence electrons. The molecule has 0 saturated carbocycles. The SMILES string of the molecule is CC(=O)NC(CSc1ccc(C#N)c(C)c1)C(=O)O. The Morgan fingerprint density at radius 1 is 1.53 bits per heavy atom. The van der Waals surface area contributed by atoms with Crippen LogP contribution in [-0.4, -0.2) is 28.8 Å². The first-order valence-electron chi connectivity index (χ1n) is 5.57. The molecular weight excluding hydrogens is 264 g/mol. The third-order valence-electron chi connectivity index (χ3n) is 2.41. The fourth-order valence-electron chi connectivity index (χ4n) is 1.45. The second-order valence-electron chi connectivity index (χ2n) is 3.99. The van der Waals surface area contributed by atoms with Crippen molar-refractivity contribution < 1.29 is 14.7 Å². The van der Waals surface area contributed by atoms with Gasteiger partial charge in [-0.3, -0.25) is 4.79 Å². The van der Waals surface area contributed by atoms with Crippen molar-refractivity contribution in [3.05, 3.63) is 29.3 Å². The number of carboxylic acid groups (broad SMARTS) is 1. The Labute approximate surface area is 115 Å². The van der Waals surface area contributed by atoms with Crippen LogP contribution < -0.4 is 5.32 Å². The minimum Gasteiger partial charge on any atom is -0.480 e. The number of carboxylic acids is 1. The largest absolute Gasteiger partial charge is 0.480 e. The van der Waals surface area contributed by atoms with Crippen LogP contribution in [0.4, 0.5) is 0 Å². The van der Waals surface area contributed by atoms with Crippen molar-refractivity contribution in [3.63, 3.8) is 0 Å². The Morgan fingerprint density at radius 3 is 2.68 bits per heavy atom. The van der Waals surface area contributed by atoms with Crippen molar-refractivity contribution in [2.45, 2.75) is 24.8 Å². The lowest BCUT2D eigenvalue weighted by molar-refractivity contribution is -0.140. The second-order valence-corrected chi connectivity index (χ2v) is 5.08. The number of carbonyl (C=O) groups is 2. The summed E-state index contributed by atoms with van der Waals surface area (Å²) < 4.78 is 0. The van der Waals surface area contributed by atoms with Crippen LogP contribution in [0.5, 0.6) is 0 Å². The average Bonchev–Trinajstić information content (AvgIpc) is 2.34. The molecule has 0 aliphatic rings. The molecule has 1 aromatic carbocycles. The monoisotopic (exact) mass is 278 g/mol. The molecule has 0 fully saturated rings. The number of rotatable bonds is 5. The van der Waals surface area contributed by atoms with Gasteiger partial charge in [0.25, 0.3) is 0 Å². The summed E-state index contributed by atoms with van der Waals surface area (Å²) in [6.07, 6.45) is 0. The number of benzene rings is 1. The lowest BCUT2D eigenvalue weighted by Crippen LogP contribution is -2.41. The number of carbonyl (C=O) groups excluding carboxylic acids is 1. The van der Waals surface area contributed by atoms with Gasteiger partial charge in [-0.25, -0.2) is 4.79 Å². The molecular formula is C13H14N2O3S. The van der Waals surface area contributed by atoms with Gasteiger partial charge in [-0.15, -0.1) is 11.8 Å². The van der Waals surface area contributed by atoms with Crippen LogP contribution >= 0.6 is 11.8 Å². The van der Waals surface area contributed by atoms with E-state index in [1.54, 1.807) is 12.1 Å². The zero-order valence-electron chi connectivity index (χ0n) is 10.6. The number of amides is 1. The van der Waals surface area contributed by atoms with E-state index in [0.717, 1.165) is 10.5 Å². The fraction of sp³-hybridized carbons (Fsp3) is 0.308. The van der Waals surface area contributed by atoms with E-state index in [2.05, 4.69) is 11.4 Å². The van der Waals surface area contributed by atoms with E-state index in [1.165, 1.54) is 18.7 Å². The summed E-state index contributed by atoms with van der Waals surface area (Å²) in [5.74, 6) is -1.20. The zero-order valence-corrected chi connectivity index (χ0v) is 11.5. The summed E-state index contributed by atoms with van der Waals surface area (Å²) in [6, 6.07) is 6.45. The molecule has 0 radical (unpaired) electrons. The minimum absolute atomic E-state index is 0.236. The normalized spacial score (nSPS) is 11.4. The first kappa shape index (κ1) is 15.1. The molecule has 1 unspecified atom stereocenters. The van der Waals surface area contributed by atoms with Crippen molar-refractivity contribution in [2.75, 3.05) is 5.75 Å². The number of hydrogen-bond donors (Lipinski definition) is 2. The van der Waals surface area contributed by atoms with Gasteiger partial charge < -0.3 is 10.4 Å². The Morgan fingerprint density at radius 2 is 2.21 bits per heavy atom. The summed E-state index contributed by atoms with van der Waals surface area (Å²) in [4.78, 5) is 22.7. The van der Waals surface area contributed by atoms with Crippen LogP contribution in [-0.2, 0) is 9.59 Å². The highest BCUT2D eigenvalue weighted by Crippen LogP contribution is 2.21. The molecule has 1 atom stereocenters. The van der Waals surface area contributed by atoms with Gasteiger partial charge in [0.1, 0.15) is 6.04 Å². The van der Waals surface area contributed by atoms with Crippen LogP contribution in [0.15, 0.2) is 23.1 Å². The van der Waals surface area contributed by atoms with Gasteiger partial charge in [-0.2, -0.15) is 5.26 Å². The lowest BCUT2D eigenvalue weighted by atomic mass is 10.1. The Balaban J connectivity index is 2.69. The minimum atomic E-state index is -1.06. The molecule has 0 heterocycles. The molecule has 1 rings (SSSR count). The number of nitriles is 1. The molecule has 1 amide bonds. The van der Waals surface area contributed by atoms with Gasteiger partial charge in [0.15, 0.2) is 0 Å². The lowest BCUT2D eigenvalue weighted by Gasteiger charge is -2.13. The van der Waals surface area contributed by atoms with Gasteiger partial charge in [-0.05, 0) is 30.7 Å². The van der Waals surface area contributed by atoms with Crippen LogP contribution in [0, 0.1) is 18.3 Å². The summed E-state index contributed by atoms with van der Waals surface area (Å²) in [6.45, 7) is 3.11. The molecule has 5 nitrogen and oxygen atoms in total. The number of hydrogen-bond acceptors (Lipinski definition) is 4.